The molecule has 1 aromatic heterocycles. The van der Waals surface area contributed by atoms with Crippen LogP contribution < -0.4 is 0 Å². The molecule has 0 radical (unpaired) electrons. The van der Waals surface area contributed by atoms with Crippen molar-refractivity contribution in [3.8, 4) is 11.4 Å². The second-order valence-electron chi connectivity index (χ2n) is 10.2. The van der Waals surface area contributed by atoms with Gasteiger partial charge in [0.05, 0.1) is 16.6 Å². The van der Waals surface area contributed by atoms with E-state index in [0.29, 0.717) is 23.7 Å². The highest BCUT2D eigenvalue weighted by Gasteiger charge is 2.24. The van der Waals surface area contributed by atoms with Crippen molar-refractivity contribution in [2.75, 3.05) is 0 Å². The Hall–Kier alpha value is -3.93. The number of benzene rings is 3. The zero-order chi connectivity index (χ0) is 25.9. The standard InChI is InChI=1S/C31H33N3O3/c1-21(2)33(20-22-9-5-3-6-10-22)30(35)24-15-13-23(14-16-24)29-32-27-19-25(31(36)37)17-18-28(27)34(29)26-11-7-4-8-12-26/h3,5-6,9-10,13-19,21,26H,4,7-8,11-12,20H2,1-2H3,(H,36,37). The van der Waals surface area contributed by atoms with E-state index in [9.17, 15) is 14.7 Å². The first-order valence-corrected chi connectivity index (χ1v) is 13.1. The smallest absolute Gasteiger partial charge is 0.335 e. The van der Waals surface area contributed by atoms with E-state index in [-0.39, 0.29) is 17.5 Å². The monoisotopic (exact) mass is 495 g/mol. The number of carboxylic acids is 1. The topological polar surface area (TPSA) is 75.4 Å². The number of fused-ring (bicyclic) bond motifs is 1. The summed E-state index contributed by atoms with van der Waals surface area (Å²) >= 11 is 0. The zero-order valence-corrected chi connectivity index (χ0v) is 21.4. The number of carbonyl (C=O) groups is 2. The molecule has 1 N–H and O–H groups in total. The second kappa shape index (κ2) is 10.6. The van der Waals surface area contributed by atoms with Crippen molar-refractivity contribution < 1.29 is 14.7 Å². The summed E-state index contributed by atoms with van der Waals surface area (Å²) in [7, 11) is 0. The minimum atomic E-state index is -0.955. The van der Waals surface area contributed by atoms with Gasteiger partial charge in [0.15, 0.2) is 0 Å². The van der Waals surface area contributed by atoms with Gasteiger partial charge in [0.1, 0.15) is 5.82 Å². The predicted octanol–water partition coefficient (Wildman–Crippen LogP) is 6.96. The molecule has 1 aliphatic carbocycles. The number of hydrogen-bond acceptors (Lipinski definition) is 3. The van der Waals surface area contributed by atoms with Crippen LogP contribution in [-0.4, -0.2) is 37.5 Å². The second-order valence-corrected chi connectivity index (χ2v) is 10.2. The van der Waals surface area contributed by atoms with Gasteiger partial charge in [0.2, 0.25) is 0 Å². The summed E-state index contributed by atoms with van der Waals surface area (Å²) in [5.74, 6) is -0.130. The van der Waals surface area contributed by atoms with Crippen molar-refractivity contribution in [1.29, 1.82) is 0 Å². The van der Waals surface area contributed by atoms with Crippen molar-refractivity contribution in [2.24, 2.45) is 0 Å². The maximum atomic E-state index is 13.4. The summed E-state index contributed by atoms with van der Waals surface area (Å²) < 4.78 is 2.28. The first-order valence-electron chi connectivity index (χ1n) is 13.1. The van der Waals surface area contributed by atoms with Crippen LogP contribution in [0.1, 0.15) is 78.3 Å². The van der Waals surface area contributed by atoms with Crippen molar-refractivity contribution in [1.82, 2.24) is 14.5 Å². The molecular formula is C31H33N3O3. The molecule has 37 heavy (non-hydrogen) atoms. The highest BCUT2D eigenvalue weighted by atomic mass is 16.4. The number of rotatable bonds is 7. The molecule has 6 heteroatoms. The van der Waals surface area contributed by atoms with E-state index in [1.165, 1.54) is 19.3 Å². The molecule has 4 aromatic rings. The summed E-state index contributed by atoms with van der Waals surface area (Å²) in [6.07, 6.45) is 5.76. The Kier molecular flexibility index (Phi) is 7.08. The van der Waals surface area contributed by atoms with E-state index in [2.05, 4.69) is 4.57 Å². The van der Waals surface area contributed by atoms with Gasteiger partial charge >= 0.3 is 5.97 Å². The van der Waals surface area contributed by atoms with Crippen LogP contribution in [0.2, 0.25) is 0 Å². The third-order valence-corrected chi connectivity index (χ3v) is 7.35. The third kappa shape index (κ3) is 5.15. The lowest BCUT2D eigenvalue weighted by Crippen LogP contribution is -2.36. The molecule has 0 atom stereocenters. The van der Waals surface area contributed by atoms with Gasteiger partial charge in [0.25, 0.3) is 5.91 Å². The van der Waals surface area contributed by atoms with E-state index in [4.69, 9.17) is 4.98 Å². The molecule has 5 rings (SSSR count). The van der Waals surface area contributed by atoms with Crippen molar-refractivity contribution in [2.45, 2.75) is 64.6 Å². The maximum absolute atomic E-state index is 13.4. The first-order chi connectivity index (χ1) is 17.9. The summed E-state index contributed by atoms with van der Waals surface area (Å²) in [5, 5.41) is 9.48. The van der Waals surface area contributed by atoms with Crippen LogP contribution in [0.3, 0.4) is 0 Å². The Morgan fingerprint density at radius 3 is 2.27 bits per heavy atom. The molecule has 0 spiro atoms. The lowest BCUT2D eigenvalue weighted by molar-refractivity contribution is 0.0684. The quantitative estimate of drug-likeness (QED) is 0.301. The molecule has 6 nitrogen and oxygen atoms in total. The van der Waals surface area contributed by atoms with E-state index >= 15 is 0 Å². The third-order valence-electron chi connectivity index (χ3n) is 7.35. The minimum Gasteiger partial charge on any atom is -0.478 e. The Morgan fingerprint density at radius 1 is 0.946 bits per heavy atom. The molecular weight excluding hydrogens is 462 g/mol. The molecule has 1 heterocycles. The van der Waals surface area contributed by atoms with Crippen LogP contribution in [0, 0.1) is 0 Å². The van der Waals surface area contributed by atoms with Gasteiger partial charge in [0, 0.05) is 29.8 Å². The highest BCUT2D eigenvalue weighted by molar-refractivity contribution is 5.95. The molecule has 0 unspecified atom stereocenters. The Balaban J connectivity index is 1.49. The van der Waals surface area contributed by atoms with E-state index in [1.54, 1.807) is 12.1 Å². The van der Waals surface area contributed by atoms with E-state index in [0.717, 1.165) is 35.3 Å². The summed E-state index contributed by atoms with van der Waals surface area (Å²) in [6, 6.07) is 23.3. The minimum absolute atomic E-state index is 0.00251. The van der Waals surface area contributed by atoms with Crippen molar-refractivity contribution in [3.05, 3.63) is 89.5 Å². The summed E-state index contributed by atoms with van der Waals surface area (Å²) in [6.45, 7) is 4.63. The van der Waals surface area contributed by atoms with Gasteiger partial charge in [-0.15, -0.1) is 0 Å². The molecule has 190 valence electrons. The normalized spacial score (nSPS) is 14.2. The average molecular weight is 496 g/mol. The molecule has 0 bridgehead atoms. The van der Waals surface area contributed by atoms with Crippen molar-refractivity contribution in [3.63, 3.8) is 0 Å². The molecule has 1 fully saturated rings. The summed E-state index contributed by atoms with van der Waals surface area (Å²) in [4.78, 5) is 31.8. The van der Waals surface area contributed by atoms with Gasteiger partial charge < -0.3 is 14.6 Å². The highest BCUT2D eigenvalue weighted by Crippen LogP contribution is 2.36. The van der Waals surface area contributed by atoms with Gasteiger partial charge in [-0.2, -0.15) is 0 Å². The number of imidazole rings is 1. The largest absolute Gasteiger partial charge is 0.478 e. The molecule has 0 saturated heterocycles. The number of aromatic carboxylic acids is 1. The Bertz CT molecular complexity index is 1400. The first kappa shape index (κ1) is 24.8. The lowest BCUT2D eigenvalue weighted by atomic mass is 9.94. The van der Waals surface area contributed by atoms with Gasteiger partial charge in [-0.3, -0.25) is 4.79 Å². The maximum Gasteiger partial charge on any atom is 0.335 e. The van der Waals surface area contributed by atoms with Crippen LogP contribution >= 0.6 is 0 Å². The lowest BCUT2D eigenvalue weighted by Gasteiger charge is -2.27. The fraction of sp³-hybridized carbons (Fsp3) is 0.323. The molecule has 1 amide bonds. The van der Waals surface area contributed by atoms with Crippen LogP contribution in [0.25, 0.3) is 22.4 Å². The van der Waals surface area contributed by atoms with Gasteiger partial charge in [-0.1, -0.05) is 61.7 Å². The average Bonchev–Trinajstić information content (AvgIpc) is 3.31. The zero-order valence-electron chi connectivity index (χ0n) is 21.4. The number of nitrogens with zero attached hydrogens (tertiary/aromatic N) is 3. The van der Waals surface area contributed by atoms with Crippen LogP contribution in [0.5, 0.6) is 0 Å². The fourth-order valence-corrected chi connectivity index (χ4v) is 5.34. The summed E-state index contributed by atoms with van der Waals surface area (Å²) in [5.41, 5.74) is 4.55. The van der Waals surface area contributed by atoms with Gasteiger partial charge in [-0.25, -0.2) is 9.78 Å². The van der Waals surface area contributed by atoms with Gasteiger partial charge in [-0.05, 0) is 62.6 Å². The van der Waals surface area contributed by atoms with Crippen LogP contribution in [0.4, 0.5) is 0 Å². The number of carbonyl (C=O) groups excluding carboxylic acids is 1. The van der Waals surface area contributed by atoms with E-state index in [1.807, 2.05) is 79.4 Å². The molecule has 0 aliphatic heterocycles. The predicted molar refractivity (Wildman–Crippen MR) is 146 cm³/mol. The fourth-order valence-electron chi connectivity index (χ4n) is 5.34. The number of carboxylic acid groups (broad SMARTS) is 1. The molecule has 1 aliphatic rings. The molecule has 3 aromatic carbocycles. The van der Waals surface area contributed by atoms with Crippen LogP contribution in [0.15, 0.2) is 72.8 Å². The SMILES string of the molecule is CC(C)N(Cc1ccccc1)C(=O)c1ccc(-c2nc3cc(C(=O)O)ccc3n2C2CCCCC2)cc1. The van der Waals surface area contributed by atoms with E-state index < -0.39 is 5.97 Å². The Morgan fingerprint density at radius 2 is 1.62 bits per heavy atom. The number of hydrogen-bond donors (Lipinski definition) is 1. The number of aromatic nitrogens is 2. The molecule has 1 saturated carbocycles. The van der Waals surface area contributed by atoms with Crippen molar-refractivity contribution >= 4 is 22.9 Å². The number of amides is 1. The Labute approximate surface area is 217 Å². The van der Waals surface area contributed by atoms with Crippen LogP contribution in [-0.2, 0) is 6.54 Å².